The van der Waals surface area contributed by atoms with E-state index in [2.05, 4.69) is 16.4 Å². The van der Waals surface area contributed by atoms with E-state index >= 15 is 0 Å². The second-order valence-electron chi connectivity index (χ2n) is 5.28. The van der Waals surface area contributed by atoms with Crippen molar-refractivity contribution in [3.8, 4) is 0 Å². The second-order valence-corrected chi connectivity index (χ2v) is 6.66. The van der Waals surface area contributed by atoms with Gasteiger partial charge < -0.3 is 11.1 Å². The largest absolute Gasteiger partial charge is 0.389 e. The number of hydrogen-bond acceptors (Lipinski definition) is 5. The molecule has 0 saturated heterocycles. The number of anilines is 1. The van der Waals surface area contributed by atoms with E-state index in [-0.39, 0.29) is 0 Å². The third-order valence-electron chi connectivity index (χ3n) is 3.83. The summed E-state index contributed by atoms with van der Waals surface area (Å²) in [5.41, 5.74) is 12.1. The maximum atomic E-state index is 5.87. The molecule has 21 heavy (non-hydrogen) atoms. The molecule has 0 radical (unpaired) electrons. The molecule has 0 saturated carbocycles. The van der Waals surface area contributed by atoms with Crippen molar-refractivity contribution in [2.75, 3.05) is 5.32 Å². The molecule has 0 bridgehead atoms. The van der Waals surface area contributed by atoms with E-state index < -0.39 is 0 Å². The molecule has 1 aliphatic carbocycles. The van der Waals surface area contributed by atoms with Gasteiger partial charge in [-0.1, -0.05) is 12.2 Å². The molecule has 0 fully saturated rings. The summed E-state index contributed by atoms with van der Waals surface area (Å²) in [6.07, 6.45) is 4.55. The predicted molar refractivity (Wildman–Crippen MR) is 90.9 cm³/mol. The first kappa shape index (κ1) is 14.4. The van der Waals surface area contributed by atoms with Crippen molar-refractivity contribution in [1.82, 2.24) is 9.97 Å². The van der Waals surface area contributed by atoms with Gasteiger partial charge in [-0.25, -0.2) is 9.97 Å². The van der Waals surface area contributed by atoms with E-state index in [1.54, 1.807) is 11.3 Å². The lowest BCUT2D eigenvalue weighted by Gasteiger charge is -2.19. The van der Waals surface area contributed by atoms with E-state index in [9.17, 15) is 0 Å². The Hall–Kier alpha value is -1.53. The van der Waals surface area contributed by atoms with Crippen LogP contribution in [0.1, 0.15) is 40.2 Å². The predicted octanol–water partition coefficient (Wildman–Crippen LogP) is 2.97. The average Bonchev–Trinajstić information content (AvgIpc) is 2.89. The van der Waals surface area contributed by atoms with Crippen molar-refractivity contribution in [2.24, 2.45) is 5.73 Å². The lowest BCUT2D eigenvalue weighted by atomic mass is 9.94. The summed E-state index contributed by atoms with van der Waals surface area (Å²) >= 11 is 6.83. The Labute approximate surface area is 133 Å². The van der Waals surface area contributed by atoms with Crippen molar-refractivity contribution in [2.45, 2.75) is 39.2 Å². The van der Waals surface area contributed by atoms with Crippen LogP contribution < -0.4 is 11.1 Å². The first-order chi connectivity index (χ1) is 10.1. The Kier molecular flexibility index (Phi) is 4.17. The molecule has 0 spiro atoms. The molecule has 6 heteroatoms. The van der Waals surface area contributed by atoms with Crippen LogP contribution in [0, 0.1) is 6.92 Å². The highest BCUT2D eigenvalue weighted by atomic mass is 32.1. The van der Waals surface area contributed by atoms with Gasteiger partial charge in [0, 0.05) is 10.6 Å². The van der Waals surface area contributed by atoms with E-state index in [0.29, 0.717) is 11.5 Å². The van der Waals surface area contributed by atoms with E-state index in [1.807, 2.05) is 12.4 Å². The molecular formula is C15H18N4S2. The number of nitrogens with one attached hydrogen (secondary N) is 1. The van der Waals surface area contributed by atoms with Gasteiger partial charge in [0.25, 0.3) is 0 Å². The highest BCUT2D eigenvalue weighted by Gasteiger charge is 2.16. The number of fused-ring (bicyclic) bond motifs is 1. The Bertz CT molecular complexity index is 678. The van der Waals surface area contributed by atoms with Gasteiger partial charge in [-0.3, -0.25) is 0 Å². The Morgan fingerprint density at radius 2 is 2.24 bits per heavy atom. The van der Waals surface area contributed by atoms with Crippen LogP contribution in [-0.4, -0.2) is 15.0 Å². The Balaban J connectivity index is 1.89. The summed E-state index contributed by atoms with van der Waals surface area (Å²) in [6, 6.07) is 2.12. The molecule has 110 valence electrons. The molecule has 0 amide bonds. The SMILES string of the molecule is Cc1ncsc1CNc1nc2c(cc1C(N)=S)CCCC2. The molecular weight excluding hydrogens is 300 g/mol. The summed E-state index contributed by atoms with van der Waals surface area (Å²) in [4.78, 5) is 10.6. The van der Waals surface area contributed by atoms with Crippen LogP contribution >= 0.6 is 23.6 Å². The minimum Gasteiger partial charge on any atom is -0.389 e. The minimum absolute atomic E-state index is 0.402. The molecule has 0 aliphatic heterocycles. The molecule has 4 nitrogen and oxygen atoms in total. The smallest absolute Gasteiger partial charge is 0.136 e. The third-order valence-corrected chi connectivity index (χ3v) is 4.98. The van der Waals surface area contributed by atoms with Crippen molar-refractivity contribution in [3.05, 3.63) is 39.0 Å². The fraction of sp³-hybridized carbons (Fsp3) is 0.400. The molecule has 3 N–H and O–H groups in total. The molecule has 3 rings (SSSR count). The average molecular weight is 318 g/mol. The van der Waals surface area contributed by atoms with E-state index in [1.165, 1.54) is 29.0 Å². The van der Waals surface area contributed by atoms with Gasteiger partial charge in [0.2, 0.25) is 0 Å². The maximum Gasteiger partial charge on any atom is 0.136 e. The quantitative estimate of drug-likeness (QED) is 0.849. The number of nitrogens with zero attached hydrogens (tertiary/aromatic N) is 2. The lowest BCUT2D eigenvalue weighted by molar-refractivity contribution is 0.668. The van der Waals surface area contributed by atoms with Crippen LogP contribution in [0.25, 0.3) is 0 Å². The fourth-order valence-electron chi connectivity index (χ4n) is 2.62. The van der Waals surface area contributed by atoms with Crippen molar-refractivity contribution < 1.29 is 0 Å². The van der Waals surface area contributed by atoms with Crippen LogP contribution in [-0.2, 0) is 19.4 Å². The zero-order valence-corrected chi connectivity index (χ0v) is 13.6. The van der Waals surface area contributed by atoms with Gasteiger partial charge in [-0.2, -0.15) is 0 Å². The summed E-state index contributed by atoms with van der Waals surface area (Å²) < 4.78 is 0. The van der Waals surface area contributed by atoms with Crippen LogP contribution in [0.3, 0.4) is 0 Å². The number of thiazole rings is 1. The molecule has 2 aromatic heterocycles. The van der Waals surface area contributed by atoms with Crippen LogP contribution in [0.5, 0.6) is 0 Å². The number of rotatable bonds is 4. The van der Waals surface area contributed by atoms with E-state index in [4.69, 9.17) is 22.9 Å². The molecule has 1 aliphatic rings. The molecule has 0 unspecified atom stereocenters. The summed E-state index contributed by atoms with van der Waals surface area (Å²) in [7, 11) is 0. The summed E-state index contributed by atoms with van der Waals surface area (Å²) in [5, 5.41) is 3.38. The second kappa shape index (κ2) is 6.07. The number of thiocarbonyl (C=S) groups is 1. The van der Waals surface area contributed by atoms with Crippen molar-refractivity contribution in [1.29, 1.82) is 0 Å². The third kappa shape index (κ3) is 3.06. The lowest BCUT2D eigenvalue weighted by Crippen LogP contribution is -2.18. The van der Waals surface area contributed by atoms with Gasteiger partial charge in [0.05, 0.1) is 23.3 Å². The monoisotopic (exact) mass is 318 g/mol. The molecule has 2 heterocycles. The van der Waals surface area contributed by atoms with Crippen molar-refractivity contribution in [3.63, 3.8) is 0 Å². The standard InChI is InChI=1S/C15H18N4S2/c1-9-13(21-8-18-9)7-17-15-11(14(16)20)6-10-4-2-3-5-12(10)19-15/h6,8H,2-5,7H2,1H3,(H2,16,20)(H,17,19). The summed E-state index contributed by atoms with van der Waals surface area (Å²) in [5.74, 6) is 0.802. The number of aromatic nitrogens is 2. The minimum atomic E-state index is 0.402. The zero-order chi connectivity index (χ0) is 14.8. The zero-order valence-electron chi connectivity index (χ0n) is 12.0. The molecule has 0 atom stereocenters. The highest BCUT2D eigenvalue weighted by Crippen LogP contribution is 2.25. The van der Waals surface area contributed by atoms with Gasteiger partial charge in [-0.15, -0.1) is 11.3 Å². The van der Waals surface area contributed by atoms with Crippen molar-refractivity contribution >= 4 is 34.4 Å². The van der Waals surface area contributed by atoms with Gasteiger partial charge in [0.15, 0.2) is 0 Å². The van der Waals surface area contributed by atoms with Crippen LogP contribution in [0.4, 0.5) is 5.82 Å². The Morgan fingerprint density at radius 3 is 2.95 bits per heavy atom. The molecule has 0 aromatic carbocycles. The first-order valence-electron chi connectivity index (χ1n) is 7.10. The van der Waals surface area contributed by atoms with Gasteiger partial charge in [0.1, 0.15) is 10.8 Å². The summed E-state index contributed by atoms with van der Waals surface area (Å²) in [6.45, 7) is 2.72. The van der Waals surface area contributed by atoms with Gasteiger partial charge >= 0.3 is 0 Å². The number of pyridine rings is 1. The highest BCUT2D eigenvalue weighted by molar-refractivity contribution is 7.80. The van der Waals surface area contributed by atoms with Crippen LogP contribution in [0.2, 0.25) is 0 Å². The topological polar surface area (TPSA) is 63.8 Å². The molecule has 2 aromatic rings. The van der Waals surface area contributed by atoms with E-state index in [0.717, 1.165) is 29.9 Å². The number of nitrogens with two attached hydrogens (primary N) is 1. The fourth-order valence-corrected chi connectivity index (χ4v) is 3.49. The van der Waals surface area contributed by atoms with Crippen LogP contribution in [0.15, 0.2) is 11.6 Å². The number of hydrogen-bond donors (Lipinski definition) is 2. The Morgan fingerprint density at radius 1 is 1.43 bits per heavy atom. The maximum absolute atomic E-state index is 5.87. The number of aryl methyl sites for hydroxylation is 3. The van der Waals surface area contributed by atoms with Gasteiger partial charge in [-0.05, 0) is 44.2 Å². The normalized spacial score (nSPS) is 13.8. The first-order valence-corrected chi connectivity index (χ1v) is 8.39.